The van der Waals surface area contributed by atoms with E-state index in [1.807, 2.05) is 27.7 Å². The molecule has 1 aliphatic heterocycles. The van der Waals surface area contributed by atoms with Crippen LogP contribution < -0.4 is 10.0 Å². The van der Waals surface area contributed by atoms with E-state index in [2.05, 4.69) is 22.8 Å². The topological polar surface area (TPSA) is 94.6 Å². The first kappa shape index (κ1) is 22.4. The fourth-order valence-corrected chi connectivity index (χ4v) is 4.74. The van der Waals surface area contributed by atoms with Gasteiger partial charge in [0.05, 0.1) is 16.1 Å². The summed E-state index contributed by atoms with van der Waals surface area (Å²) in [7, 11) is -3.73. The Morgan fingerprint density at radius 2 is 1.81 bits per heavy atom. The molecule has 0 saturated carbocycles. The molecule has 0 saturated heterocycles. The number of anilines is 1. The Labute approximate surface area is 188 Å². The van der Waals surface area contributed by atoms with E-state index in [0.717, 1.165) is 46.3 Å². The van der Waals surface area contributed by atoms with Crippen molar-refractivity contribution in [3.8, 4) is 0 Å². The minimum Gasteiger partial charge on any atom is -0.443 e. The van der Waals surface area contributed by atoms with Gasteiger partial charge in [-0.15, -0.1) is 0 Å². The lowest BCUT2D eigenvalue weighted by Gasteiger charge is -2.31. The number of rotatable bonds is 3. The molecule has 0 aliphatic carbocycles. The Kier molecular flexibility index (Phi) is 5.55. The molecule has 0 bridgehead atoms. The number of nitrogens with two attached hydrogens (primary N) is 1. The van der Waals surface area contributed by atoms with Crippen molar-refractivity contribution in [2.45, 2.75) is 57.6 Å². The van der Waals surface area contributed by atoms with Gasteiger partial charge in [0.1, 0.15) is 5.60 Å². The van der Waals surface area contributed by atoms with Gasteiger partial charge in [-0.25, -0.2) is 18.4 Å². The summed E-state index contributed by atoms with van der Waals surface area (Å²) in [5, 5.41) is 6.25. The number of hydrogen-bond acceptors (Lipinski definition) is 4. The monoisotopic (exact) mass is 455 g/mol. The fraction of sp³-hybridized carbons (Fsp3) is 0.375. The second kappa shape index (κ2) is 7.94. The third-order valence-electron chi connectivity index (χ3n) is 5.57. The van der Waals surface area contributed by atoms with Gasteiger partial charge in [-0.1, -0.05) is 23.8 Å². The third-order valence-corrected chi connectivity index (χ3v) is 6.50. The van der Waals surface area contributed by atoms with Gasteiger partial charge in [0, 0.05) is 24.2 Å². The van der Waals surface area contributed by atoms with Crippen LogP contribution in [0.3, 0.4) is 0 Å². The van der Waals surface area contributed by atoms with Crippen molar-refractivity contribution < 1.29 is 17.9 Å². The number of carbonyl (C=O) groups is 1. The maximum atomic E-state index is 13.0. The summed E-state index contributed by atoms with van der Waals surface area (Å²) in [6.45, 7) is 8.81. The molecular formula is C24H29N3O4S. The summed E-state index contributed by atoms with van der Waals surface area (Å²) in [5.41, 5.74) is 4.51. The fourth-order valence-electron chi connectivity index (χ4n) is 4.22. The Hall–Kier alpha value is -2.84. The minimum atomic E-state index is -3.73. The van der Waals surface area contributed by atoms with Crippen LogP contribution in [-0.4, -0.2) is 31.2 Å². The van der Waals surface area contributed by atoms with Crippen molar-refractivity contribution in [1.82, 2.24) is 4.57 Å². The van der Waals surface area contributed by atoms with E-state index in [1.54, 1.807) is 17.0 Å². The third kappa shape index (κ3) is 4.38. The van der Waals surface area contributed by atoms with Crippen molar-refractivity contribution in [3.63, 3.8) is 0 Å². The Morgan fingerprint density at radius 3 is 2.44 bits per heavy atom. The van der Waals surface area contributed by atoms with Crippen LogP contribution in [0.2, 0.25) is 0 Å². The van der Waals surface area contributed by atoms with Crippen LogP contribution in [0.15, 0.2) is 47.4 Å². The quantitative estimate of drug-likeness (QED) is 0.636. The maximum Gasteiger partial charge on any atom is 0.414 e. The summed E-state index contributed by atoms with van der Waals surface area (Å²) in [4.78, 5) is 14.9. The molecule has 8 heteroatoms. The van der Waals surface area contributed by atoms with Gasteiger partial charge in [0.25, 0.3) is 0 Å². The second-order valence-electron chi connectivity index (χ2n) is 9.33. The predicted molar refractivity (Wildman–Crippen MR) is 125 cm³/mol. The molecule has 32 heavy (non-hydrogen) atoms. The van der Waals surface area contributed by atoms with E-state index in [4.69, 9.17) is 9.88 Å². The SMILES string of the molecule is Cc1ccc2c(c1)c1c(n2Cc2ccc(S(N)(=O)=O)cc2)CCCN1C(=O)OC(C)(C)C. The Balaban J connectivity index is 1.80. The summed E-state index contributed by atoms with van der Waals surface area (Å²) < 4.78 is 31.1. The van der Waals surface area contributed by atoms with E-state index in [1.165, 1.54) is 12.1 Å². The summed E-state index contributed by atoms with van der Waals surface area (Å²) in [6, 6.07) is 12.9. The lowest BCUT2D eigenvalue weighted by atomic mass is 10.1. The Bertz CT molecular complexity index is 1290. The molecule has 2 N–H and O–H groups in total. The molecule has 4 rings (SSSR count). The molecule has 2 heterocycles. The standard InChI is InChI=1S/C24H29N3O4S/c1-16-7-12-20-19(14-16)22-21(6-5-13-26(22)23(28)31-24(2,3)4)27(20)15-17-8-10-18(11-9-17)32(25,29)30/h7-12,14H,5-6,13,15H2,1-4H3,(H2,25,29,30). The molecule has 0 radical (unpaired) electrons. The van der Waals surface area contributed by atoms with E-state index in [-0.39, 0.29) is 11.0 Å². The highest BCUT2D eigenvalue weighted by atomic mass is 32.2. The van der Waals surface area contributed by atoms with Crippen LogP contribution in [0.1, 0.15) is 44.0 Å². The molecule has 1 aliphatic rings. The number of benzene rings is 2. The van der Waals surface area contributed by atoms with Gasteiger partial charge >= 0.3 is 6.09 Å². The van der Waals surface area contributed by atoms with Crippen LogP contribution in [0.25, 0.3) is 10.9 Å². The molecule has 0 atom stereocenters. The second-order valence-corrected chi connectivity index (χ2v) is 10.9. The van der Waals surface area contributed by atoms with Crippen LogP contribution in [0.4, 0.5) is 10.5 Å². The molecular weight excluding hydrogens is 426 g/mol. The number of hydrogen-bond donors (Lipinski definition) is 1. The molecule has 0 fully saturated rings. The zero-order valence-electron chi connectivity index (χ0n) is 18.9. The van der Waals surface area contributed by atoms with E-state index in [9.17, 15) is 13.2 Å². The molecule has 1 aromatic heterocycles. The van der Waals surface area contributed by atoms with Gasteiger partial charge in [0.15, 0.2) is 0 Å². The van der Waals surface area contributed by atoms with Gasteiger partial charge in [-0.05, 0) is 70.4 Å². The highest BCUT2D eigenvalue weighted by molar-refractivity contribution is 7.89. The number of nitrogens with zero attached hydrogens (tertiary/aromatic N) is 2. The molecule has 1 amide bonds. The highest BCUT2D eigenvalue weighted by Crippen LogP contribution is 2.39. The molecule has 170 valence electrons. The van der Waals surface area contributed by atoms with E-state index >= 15 is 0 Å². The number of aromatic nitrogens is 1. The summed E-state index contributed by atoms with van der Waals surface area (Å²) in [6.07, 6.45) is 1.35. The normalized spacial score (nSPS) is 14.5. The van der Waals surface area contributed by atoms with Crippen molar-refractivity contribution in [3.05, 3.63) is 59.3 Å². The summed E-state index contributed by atoms with van der Waals surface area (Å²) >= 11 is 0. The lowest BCUT2D eigenvalue weighted by molar-refractivity contribution is 0.0578. The van der Waals surface area contributed by atoms with Crippen molar-refractivity contribution in [2.24, 2.45) is 5.14 Å². The average Bonchev–Trinajstić information content (AvgIpc) is 2.99. The molecule has 0 spiro atoms. The summed E-state index contributed by atoms with van der Waals surface area (Å²) in [5.74, 6) is 0. The number of sulfonamides is 1. The van der Waals surface area contributed by atoms with Crippen LogP contribution in [0, 0.1) is 6.92 Å². The van der Waals surface area contributed by atoms with Gasteiger partial charge in [0.2, 0.25) is 10.0 Å². The Morgan fingerprint density at radius 1 is 1.12 bits per heavy atom. The molecule has 0 unspecified atom stereocenters. The van der Waals surface area contributed by atoms with Crippen molar-refractivity contribution in [2.75, 3.05) is 11.4 Å². The van der Waals surface area contributed by atoms with Gasteiger partial charge in [-0.3, -0.25) is 4.90 Å². The zero-order chi connectivity index (χ0) is 23.3. The predicted octanol–water partition coefficient (Wildman–Crippen LogP) is 4.33. The van der Waals surface area contributed by atoms with Crippen molar-refractivity contribution in [1.29, 1.82) is 0 Å². The van der Waals surface area contributed by atoms with Gasteiger partial charge < -0.3 is 9.30 Å². The highest BCUT2D eigenvalue weighted by Gasteiger charge is 2.32. The number of carbonyl (C=O) groups excluding carboxylic acids is 1. The number of amides is 1. The number of ether oxygens (including phenoxy) is 1. The van der Waals surface area contributed by atoms with E-state index in [0.29, 0.717) is 13.1 Å². The smallest absolute Gasteiger partial charge is 0.414 e. The average molecular weight is 456 g/mol. The lowest BCUT2D eigenvalue weighted by Crippen LogP contribution is -2.39. The van der Waals surface area contributed by atoms with Gasteiger partial charge in [-0.2, -0.15) is 0 Å². The maximum absolute atomic E-state index is 13.0. The van der Waals surface area contributed by atoms with Crippen LogP contribution >= 0.6 is 0 Å². The van der Waals surface area contributed by atoms with Crippen LogP contribution in [0.5, 0.6) is 0 Å². The number of primary sulfonamides is 1. The number of aryl methyl sites for hydroxylation is 1. The largest absolute Gasteiger partial charge is 0.443 e. The first-order valence-electron chi connectivity index (χ1n) is 10.7. The zero-order valence-corrected chi connectivity index (χ0v) is 19.7. The van der Waals surface area contributed by atoms with Crippen LogP contribution in [-0.2, 0) is 27.7 Å². The minimum absolute atomic E-state index is 0.0902. The first-order chi connectivity index (χ1) is 14.9. The first-order valence-corrected chi connectivity index (χ1v) is 12.2. The molecule has 7 nitrogen and oxygen atoms in total. The molecule has 3 aromatic rings. The number of fused-ring (bicyclic) bond motifs is 3. The van der Waals surface area contributed by atoms with Crippen molar-refractivity contribution >= 4 is 32.7 Å². The molecule has 2 aromatic carbocycles. The van der Waals surface area contributed by atoms with E-state index < -0.39 is 15.6 Å².